The quantitative estimate of drug-likeness (QED) is 0.0476. The number of aliphatic hydroxyl groups is 1. The van der Waals surface area contributed by atoms with Crippen molar-refractivity contribution in [2.75, 3.05) is 81.5 Å². The smallest absolute Gasteiger partial charge is 0.229 e. The van der Waals surface area contributed by atoms with Gasteiger partial charge in [-0.15, -0.1) is 0 Å². The lowest BCUT2D eigenvalue weighted by molar-refractivity contribution is 0.259. The number of nitrogens with zero attached hydrogens (tertiary/aromatic N) is 5. The highest BCUT2D eigenvalue weighted by atomic mass is 16.3. The van der Waals surface area contributed by atoms with Crippen molar-refractivity contribution in [3.05, 3.63) is 0 Å². The van der Waals surface area contributed by atoms with Crippen LogP contribution in [0.2, 0.25) is 0 Å². The van der Waals surface area contributed by atoms with E-state index in [4.69, 9.17) is 15.0 Å². The van der Waals surface area contributed by atoms with Gasteiger partial charge in [0.05, 0.1) is 0 Å². The molecule has 0 aromatic carbocycles. The molecule has 0 atom stereocenters. The molecule has 1 rings (SSSR count). The lowest BCUT2D eigenvalue weighted by Crippen LogP contribution is -2.29. The Morgan fingerprint density at radius 1 is 0.261 bits per heavy atom. The van der Waals surface area contributed by atoms with Crippen molar-refractivity contribution >= 4 is 17.8 Å². The van der Waals surface area contributed by atoms with Crippen molar-refractivity contribution in [3.63, 3.8) is 0 Å². The summed E-state index contributed by atoms with van der Waals surface area (Å²) in [7, 11) is 0. The number of hydrogen-bond donors (Lipinski definition) is 4. The summed E-state index contributed by atoms with van der Waals surface area (Å²) in [5, 5.41) is 19.9. The van der Waals surface area contributed by atoms with Gasteiger partial charge in [-0.05, 0) is 84.2 Å². The maximum absolute atomic E-state index is 9.45. The van der Waals surface area contributed by atoms with Crippen LogP contribution in [-0.4, -0.2) is 95.4 Å². The van der Waals surface area contributed by atoms with Gasteiger partial charge in [0.15, 0.2) is 0 Å². The van der Waals surface area contributed by atoms with E-state index >= 15 is 0 Å². The molecule has 9 heteroatoms. The number of aliphatic hydroxyl groups excluding tert-OH is 1. The Labute approximate surface area is 431 Å². The van der Waals surface area contributed by atoms with Crippen molar-refractivity contribution in [3.8, 4) is 0 Å². The molecule has 0 bridgehead atoms. The summed E-state index contributed by atoms with van der Waals surface area (Å²) < 4.78 is 0. The molecule has 0 fully saturated rings. The average Bonchev–Trinajstić information content (AvgIpc) is 3.35. The molecule has 0 aliphatic rings. The molecular weight excluding hydrogens is 849 g/mol. The van der Waals surface area contributed by atoms with Gasteiger partial charge in [-0.2, -0.15) is 15.0 Å². The average molecular weight is 972 g/mol. The first kappa shape index (κ1) is 65.3. The fourth-order valence-electron chi connectivity index (χ4n) is 9.86. The Balaban J connectivity index is 2.68. The molecule has 0 aliphatic heterocycles. The van der Waals surface area contributed by atoms with Gasteiger partial charge in [0.2, 0.25) is 17.8 Å². The first-order chi connectivity index (χ1) is 34.2. The van der Waals surface area contributed by atoms with Gasteiger partial charge in [0.25, 0.3) is 0 Å². The standard InChI is InChI=1S/C60H122N8O/c1-5-9-13-17-21-25-29-33-37-41-51-67(52-42-38-34-30-26-22-18-14-10-6-2)55-45-48-61-58-64-59(66-60(65-58)63-50-47-57-69)62-49-46-56-68(53-43-39-35-31-27-23-19-15-11-7-3)54-44-40-36-32-28-24-20-16-12-8-4/h69H,5-57H2,1-4H3,(H3,61,62,63,64,65,66). The van der Waals surface area contributed by atoms with Crippen molar-refractivity contribution in [1.29, 1.82) is 0 Å². The molecule has 69 heavy (non-hydrogen) atoms. The molecule has 4 N–H and O–H groups in total. The van der Waals surface area contributed by atoms with Crippen molar-refractivity contribution in [2.24, 2.45) is 0 Å². The summed E-state index contributed by atoms with van der Waals surface area (Å²) in [6, 6.07) is 0. The minimum atomic E-state index is 0.151. The predicted molar refractivity (Wildman–Crippen MR) is 306 cm³/mol. The molecule has 0 unspecified atom stereocenters. The summed E-state index contributed by atoms with van der Waals surface area (Å²) in [4.78, 5) is 19.9. The number of hydrogen-bond acceptors (Lipinski definition) is 9. The van der Waals surface area contributed by atoms with E-state index in [0.717, 1.165) is 39.0 Å². The summed E-state index contributed by atoms with van der Waals surface area (Å²) >= 11 is 0. The number of anilines is 3. The highest BCUT2D eigenvalue weighted by Gasteiger charge is 2.10. The molecule has 9 nitrogen and oxygen atoms in total. The maximum Gasteiger partial charge on any atom is 0.229 e. The van der Waals surface area contributed by atoms with Crippen LogP contribution in [0.25, 0.3) is 0 Å². The Kier molecular flexibility index (Phi) is 51.2. The lowest BCUT2D eigenvalue weighted by Gasteiger charge is -2.23. The third kappa shape index (κ3) is 45.9. The zero-order valence-corrected chi connectivity index (χ0v) is 47.2. The zero-order valence-electron chi connectivity index (χ0n) is 47.2. The van der Waals surface area contributed by atoms with E-state index in [1.54, 1.807) is 0 Å². The van der Waals surface area contributed by atoms with Crippen LogP contribution in [0.4, 0.5) is 17.8 Å². The Morgan fingerprint density at radius 2 is 0.449 bits per heavy atom. The largest absolute Gasteiger partial charge is 0.396 e. The lowest BCUT2D eigenvalue weighted by atomic mass is 10.1. The van der Waals surface area contributed by atoms with Crippen molar-refractivity contribution < 1.29 is 5.11 Å². The second-order valence-electron chi connectivity index (χ2n) is 21.3. The molecule has 0 amide bonds. The fraction of sp³-hybridized carbons (Fsp3) is 0.950. The molecule has 1 aromatic heterocycles. The van der Waals surface area contributed by atoms with E-state index in [1.165, 1.54) is 283 Å². The first-order valence-corrected chi connectivity index (χ1v) is 31.2. The summed E-state index contributed by atoms with van der Waals surface area (Å²) in [5.41, 5.74) is 0. The van der Waals surface area contributed by atoms with Crippen LogP contribution in [0, 0.1) is 0 Å². The van der Waals surface area contributed by atoms with E-state index in [2.05, 4.69) is 53.4 Å². The van der Waals surface area contributed by atoms with Crippen molar-refractivity contribution in [1.82, 2.24) is 24.8 Å². The van der Waals surface area contributed by atoms with Gasteiger partial charge in [0, 0.05) is 26.2 Å². The molecule has 0 radical (unpaired) electrons. The van der Waals surface area contributed by atoms with E-state index in [9.17, 15) is 5.11 Å². The van der Waals surface area contributed by atoms with E-state index in [1.807, 2.05) is 0 Å². The van der Waals surface area contributed by atoms with E-state index in [0.29, 0.717) is 30.8 Å². The highest BCUT2D eigenvalue weighted by molar-refractivity contribution is 5.42. The Morgan fingerprint density at radius 3 is 0.667 bits per heavy atom. The van der Waals surface area contributed by atoms with Crippen LogP contribution in [0.15, 0.2) is 0 Å². The van der Waals surface area contributed by atoms with Crippen LogP contribution < -0.4 is 16.0 Å². The molecule has 1 heterocycles. The predicted octanol–water partition coefficient (Wildman–Crippen LogP) is 17.6. The second-order valence-corrected chi connectivity index (χ2v) is 21.3. The van der Waals surface area contributed by atoms with Crippen molar-refractivity contribution in [2.45, 2.75) is 304 Å². The monoisotopic (exact) mass is 971 g/mol. The Bertz CT molecular complexity index is 1020. The molecule has 0 spiro atoms. The highest BCUT2D eigenvalue weighted by Crippen LogP contribution is 2.17. The third-order valence-corrected chi connectivity index (χ3v) is 14.4. The number of rotatable bonds is 58. The Hall–Kier alpha value is -1.71. The molecule has 408 valence electrons. The molecule has 1 aromatic rings. The topological polar surface area (TPSA) is 101 Å². The maximum atomic E-state index is 9.45. The third-order valence-electron chi connectivity index (χ3n) is 14.4. The van der Waals surface area contributed by atoms with E-state index in [-0.39, 0.29) is 6.61 Å². The summed E-state index contributed by atoms with van der Waals surface area (Å²) in [6.07, 6.45) is 58.5. The SMILES string of the molecule is CCCCCCCCCCCCN(CCCCCCCCCCCC)CCCNc1nc(NCCCO)nc(NCCCN(CCCCCCCCCCCC)CCCCCCCCCCCC)n1. The zero-order chi connectivity index (χ0) is 49.6. The molecule has 0 aliphatic carbocycles. The first-order valence-electron chi connectivity index (χ1n) is 31.2. The molecule has 0 saturated heterocycles. The minimum Gasteiger partial charge on any atom is -0.396 e. The normalized spacial score (nSPS) is 11.7. The summed E-state index contributed by atoms with van der Waals surface area (Å²) in [6.45, 7) is 18.9. The minimum absolute atomic E-state index is 0.151. The van der Waals surface area contributed by atoms with Gasteiger partial charge in [0.1, 0.15) is 0 Å². The second kappa shape index (κ2) is 54.1. The number of unbranched alkanes of at least 4 members (excludes halogenated alkanes) is 36. The van der Waals surface area contributed by atoms with Gasteiger partial charge >= 0.3 is 0 Å². The van der Waals surface area contributed by atoms with Gasteiger partial charge in [-0.25, -0.2) is 0 Å². The van der Waals surface area contributed by atoms with Crippen LogP contribution >= 0.6 is 0 Å². The van der Waals surface area contributed by atoms with Crippen LogP contribution in [-0.2, 0) is 0 Å². The summed E-state index contributed by atoms with van der Waals surface area (Å²) in [5.74, 6) is 1.85. The number of aromatic nitrogens is 3. The van der Waals surface area contributed by atoms with E-state index < -0.39 is 0 Å². The van der Waals surface area contributed by atoms with Gasteiger partial charge < -0.3 is 30.9 Å². The van der Waals surface area contributed by atoms with Crippen LogP contribution in [0.3, 0.4) is 0 Å². The van der Waals surface area contributed by atoms with Gasteiger partial charge in [-0.1, -0.05) is 259 Å². The van der Waals surface area contributed by atoms with Gasteiger partial charge in [-0.3, -0.25) is 0 Å². The molecule has 0 saturated carbocycles. The van der Waals surface area contributed by atoms with Crippen LogP contribution in [0.1, 0.15) is 304 Å². The molecular formula is C60H122N8O. The van der Waals surface area contributed by atoms with Crippen LogP contribution in [0.5, 0.6) is 0 Å². The number of nitrogens with one attached hydrogen (secondary N) is 3. The fourth-order valence-corrected chi connectivity index (χ4v) is 9.86.